The van der Waals surface area contributed by atoms with E-state index in [1.165, 1.54) is 36.2 Å². The van der Waals surface area contributed by atoms with E-state index in [-0.39, 0.29) is 36.5 Å². The monoisotopic (exact) mass is 543 g/mol. The van der Waals surface area contributed by atoms with Crippen molar-refractivity contribution in [1.29, 1.82) is 0 Å². The van der Waals surface area contributed by atoms with E-state index < -0.39 is 28.1 Å². The molecule has 0 bridgehead atoms. The number of aryl methyl sites for hydroxylation is 1. The van der Waals surface area contributed by atoms with Gasteiger partial charge in [-0.3, -0.25) is 4.79 Å². The van der Waals surface area contributed by atoms with Crippen LogP contribution in [0.5, 0.6) is 5.88 Å². The molecule has 1 aromatic carbocycles. The van der Waals surface area contributed by atoms with Crippen molar-refractivity contribution in [3.63, 3.8) is 0 Å². The van der Waals surface area contributed by atoms with E-state index in [1.54, 1.807) is 17.7 Å². The van der Waals surface area contributed by atoms with Crippen molar-refractivity contribution in [2.45, 2.75) is 42.5 Å². The molecule has 4 rings (SSSR count). The van der Waals surface area contributed by atoms with E-state index in [4.69, 9.17) is 9.47 Å². The standard InChI is InChI=1S/C26H33N5O6S/c1-30-17-25(28-18-30)38(34,35)31(15-21-9-6-12-37-21)16-23(32)22(13-19-7-4-3-5-8-19)29-26(33)20-10-11-27-24(14-20)36-2/h3-5,7-8,10-11,14,17-18,21-23,32H,6,9,12-13,15-16H2,1-2H3,(H,29,33). The van der Waals surface area contributed by atoms with Gasteiger partial charge in [-0.25, -0.2) is 18.4 Å². The fourth-order valence-corrected chi connectivity index (χ4v) is 5.80. The molecule has 204 valence electrons. The number of ether oxygens (including phenoxy) is 2. The van der Waals surface area contributed by atoms with Crippen LogP contribution in [-0.4, -0.2) is 83.3 Å². The van der Waals surface area contributed by atoms with E-state index in [0.717, 1.165) is 18.4 Å². The number of rotatable bonds is 12. The second-order valence-corrected chi connectivity index (χ2v) is 11.1. The first-order chi connectivity index (χ1) is 18.3. The number of nitrogens with one attached hydrogen (secondary N) is 1. The topological polar surface area (TPSA) is 136 Å². The van der Waals surface area contributed by atoms with Crippen molar-refractivity contribution in [2.24, 2.45) is 7.05 Å². The number of methoxy groups -OCH3 is 1. The summed E-state index contributed by atoms with van der Waals surface area (Å²) in [7, 11) is -0.895. The summed E-state index contributed by atoms with van der Waals surface area (Å²) in [6, 6.07) is 11.6. The molecule has 1 fully saturated rings. The molecule has 1 aliphatic heterocycles. The second-order valence-electron chi connectivity index (χ2n) is 9.26. The lowest BCUT2D eigenvalue weighted by molar-refractivity contribution is 0.0625. The number of nitrogens with zero attached hydrogens (tertiary/aromatic N) is 4. The van der Waals surface area contributed by atoms with Gasteiger partial charge in [-0.2, -0.15) is 4.31 Å². The van der Waals surface area contributed by atoms with Crippen LogP contribution in [-0.2, 0) is 28.2 Å². The van der Waals surface area contributed by atoms with E-state index in [0.29, 0.717) is 12.2 Å². The number of imidazole rings is 1. The molecular formula is C26H33N5O6S. The molecule has 1 saturated heterocycles. The molecule has 12 heteroatoms. The lowest BCUT2D eigenvalue weighted by Crippen LogP contribution is -2.51. The van der Waals surface area contributed by atoms with Gasteiger partial charge in [0.2, 0.25) is 5.88 Å². The summed E-state index contributed by atoms with van der Waals surface area (Å²) < 4.78 is 40.7. The summed E-state index contributed by atoms with van der Waals surface area (Å²) in [5.41, 5.74) is 1.18. The van der Waals surface area contributed by atoms with Crippen molar-refractivity contribution in [3.05, 3.63) is 72.3 Å². The molecule has 3 heterocycles. The van der Waals surface area contributed by atoms with E-state index in [2.05, 4.69) is 15.3 Å². The van der Waals surface area contributed by atoms with Gasteiger partial charge in [-0.1, -0.05) is 30.3 Å². The van der Waals surface area contributed by atoms with E-state index in [9.17, 15) is 18.3 Å². The summed E-state index contributed by atoms with van der Waals surface area (Å²) in [4.78, 5) is 21.2. The third-order valence-electron chi connectivity index (χ3n) is 6.39. The molecule has 2 aromatic heterocycles. The predicted molar refractivity (Wildman–Crippen MR) is 139 cm³/mol. The van der Waals surface area contributed by atoms with Crippen molar-refractivity contribution in [2.75, 3.05) is 26.8 Å². The number of sulfonamides is 1. The predicted octanol–water partition coefficient (Wildman–Crippen LogP) is 1.40. The lowest BCUT2D eigenvalue weighted by Gasteiger charge is -2.30. The molecule has 1 aliphatic rings. The van der Waals surface area contributed by atoms with Gasteiger partial charge in [-0.15, -0.1) is 0 Å². The SMILES string of the molecule is COc1cc(C(=O)NC(Cc2ccccc2)C(O)CN(CC2CCCO2)S(=O)(=O)c2cn(C)cn2)ccn1. The average molecular weight is 544 g/mol. The largest absolute Gasteiger partial charge is 0.481 e. The van der Waals surface area contributed by atoms with Crippen LogP contribution in [0.3, 0.4) is 0 Å². The molecule has 38 heavy (non-hydrogen) atoms. The average Bonchev–Trinajstić information content (AvgIpc) is 3.60. The smallest absolute Gasteiger partial charge is 0.262 e. The molecule has 0 aliphatic carbocycles. The molecule has 0 spiro atoms. The van der Waals surface area contributed by atoms with Crippen molar-refractivity contribution >= 4 is 15.9 Å². The number of aliphatic hydroxyl groups excluding tert-OH is 1. The van der Waals surface area contributed by atoms with Crippen LogP contribution in [0.2, 0.25) is 0 Å². The zero-order valence-electron chi connectivity index (χ0n) is 21.4. The zero-order valence-corrected chi connectivity index (χ0v) is 22.3. The maximum absolute atomic E-state index is 13.5. The Hall–Kier alpha value is -3.32. The van der Waals surface area contributed by atoms with Crippen molar-refractivity contribution < 1.29 is 27.8 Å². The first kappa shape index (κ1) is 27.7. The highest BCUT2D eigenvalue weighted by atomic mass is 32.2. The van der Waals surface area contributed by atoms with Crippen LogP contribution in [0.4, 0.5) is 0 Å². The number of aromatic nitrogens is 3. The highest BCUT2D eigenvalue weighted by molar-refractivity contribution is 7.89. The number of hydrogen-bond acceptors (Lipinski definition) is 8. The fraction of sp³-hybridized carbons (Fsp3) is 0.423. The van der Waals surface area contributed by atoms with Crippen molar-refractivity contribution in [1.82, 2.24) is 24.2 Å². The Balaban J connectivity index is 1.59. The lowest BCUT2D eigenvalue weighted by atomic mass is 10.0. The van der Waals surface area contributed by atoms with Crippen LogP contribution in [0.25, 0.3) is 0 Å². The van der Waals surface area contributed by atoms with E-state index >= 15 is 0 Å². The number of aliphatic hydroxyl groups is 1. The first-order valence-electron chi connectivity index (χ1n) is 12.4. The molecule has 3 unspecified atom stereocenters. The molecule has 0 radical (unpaired) electrons. The van der Waals surface area contributed by atoms with Crippen LogP contribution >= 0.6 is 0 Å². The van der Waals surface area contributed by atoms with Gasteiger partial charge in [0.05, 0.1) is 31.7 Å². The first-order valence-corrected chi connectivity index (χ1v) is 13.8. The molecule has 11 nitrogen and oxygen atoms in total. The van der Waals surface area contributed by atoms with Gasteiger partial charge in [0.1, 0.15) is 0 Å². The summed E-state index contributed by atoms with van der Waals surface area (Å²) in [5.74, 6) is -0.161. The summed E-state index contributed by atoms with van der Waals surface area (Å²) in [5, 5.41) is 14.2. The normalized spacial score (nSPS) is 17.3. The summed E-state index contributed by atoms with van der Waals surface area (Å²) >= 11 is 0. The third-order valence-corrected chi connectivity index (χ3v) is 8.11. The summed E-state index contributed by atoms with van der Waals surface area (Å²) in [6.07, 6.45) is 4.62. The van der Waals surface area contributed by atoms with Gasteiger partial charge < -0.3 is 24.5 Å². The Kier molecular flexibility index (Phi) is 9.10. The fourth-order valence-electron chi connectivity index (χ4n) is 4.34. The molecule has 3 aromatic rings. The Morgan fingerprint density at radius 3 is 2.74 bits per heavy atom. The number of carbonyl (C=O) groups is 1. The minimum atomic E-state index is -4.03. The van der Waals surface area contributed by atoms with Crippen LogP contribution in [0, 0.1) is 0 Å². The minimum absolute atomic E-state index is 0.0729. The van der Waals surface area contributed by atoms with Gasteiger partial charge in [0.25, 0.3) is 15.9 Å². The maximum atomic E-state index is 13.5. The van der Waals surface area contributed by atoms with Crippen molar-refractivity contribution in [3.8, 4) is 5.88 Å². The van der Waals surface area contributed by atoms with E-state index in [1.807, 2.05) is 30.3 Å². The number of amides is 1. The Morgan fingerprint density at radius 2 is 2.08 bits per heavy atom. The highest BCUT2D eigenvalue weighted by Gasteiger charge is 2.34. The molecule has 3 atom stereocenters. The minimum Gasteiger partial charge on any atom is -0.481 e. The highest BCUT2D eigenvalue weighted by Crippen LogP contribution is 2.21. The number of benzene rings is 1. The maximum Gasteiger partial charge on any atom is 0.262 e. The van der Waals surface area contributed by atoms with Gasteiger partial charge in [0, 0.05) is 50.8 Å². The molecule has 1 amide bonds. The molecular weight excluding hydrogens is 510 g/mol. The molecule has 0 saturated carbocycles. The second kappa shape index (κ2) is 12.5. The quantitative estimate of drug-likeness (QED) is 0.350. The van der Waals surface area contributed by atoms with Gasteiger partial charge in [0.15, 0.2) is 5.03 Å². The Bertz CT molecular complexity index is 1310. The van der Waals surface area contributed by atoms with Gasteiger partial charge >= 0.3 is 0 Å². The third kappa shape index (κ3) is 6.95. The number of pyridine rings is 1. The zero-order chi connectivity index (χ0) is 27.1. The number of hydrogen-bond donors (Lipinski definition) is 2. The van der Waals surface area contributed by atoms with Gasteiger partial charge in [-0.05, 0) is 30.9 Å². The Labute approximate surface area is 222 Å². The summed E-state index contributed by atoms with van der Waals surface area (Å²) in [6.45, 7) is 0.381. The van der Waals surface area contributed by atoms with Crippen LogP contribution in [0.1, 0.15) is 28.8 Å². The Morgan fingerprint density at radius 1 is 1.29 bits per heavy atom. The number of carbonyl (C=O) groups excluding carboxylic acids is 1. The molecule has 2 N–H and O–H groups in total. The van der Waals surface area contributed by atoms with Crippen LogP contribution < -0.4 is 10.1 Å². The van der Waals surface area contributed by atoms with Crippen LogP contribution in [0.15, 0.2) is 66.2 Å².